The topological polar surface area (TPSA) is 78.7 Å². The van der Waals surface area contributed by atoms with Crippen molar-refractivity contribution in [1.82, 2.24) is 0 Å². The number of esters is 1. The summed E-state index contributed by atoms with van der Waals surface area (Å²) in [7, 11) is 0. The zero-order valence-corrected chi connectivity index (χ0v) is 16.6. The van der Waals surface area contributed by atoms with Gasteiger partial charge in [0.15, 0.2) is 5.75 Å². The molecule has 0 unspecified atom stereocenters. The summed E-state index contributed by atoms with van der Waals surface area (Å²) in [5.41, 5.74) is -0.591. The molecule has 0 atom stereocenters. The second kappa shape index (κ2) is 9.78. The average molecular weight is 433 g/mol. The molecule has 6 nitrogen and oxygen atoms in total. The van der Waals surface area contributed by atoms with E-state index in [1.807, 2.05) is 6.92 Å². The van der Waals surface area contributed by atoms with Crippen molar-refractivity contribution < 1.29 is 19.2 Å². The van der Waals surface area contributed by atoms with Gasteiger partial charge in [0.1, 0.15) is 11.3 Å². The molecule has 0 aliphatic carbocycles. The van der Waals surface area contributed by atoms with E-state index < -0.39 is 10.9 Å². The Hall–Kier alpha value is -2.02. The Labute approximate surface area is 171 Å². The van der Waals surface area contributed by atoms with Crippen LogP contribution in [0.25, 0.3) is 0 Å². The number of nitro benzene ring substituents is 1. The highest BCUT2D eigenvalue weighted by Gasteiger charge is 2.23. The van der Waals surface area contributed by atoms with Crippen LogP contribution in [0.2, 0.25) is 15.1 Å². The van der Waals surface area contributed by atoms with Gasteiger partial charge in [-0.3, -0.25) is 10.1 Å². The molecule has 0 aliphatic heterocycles. The van der Waals surface area contributed by atoms with Crippen LogP contribution in [0.5, 0.6) is 11.5 Å². The molecule has 0 N–H and O–H groups in total. The van der Waals surface area contributed by atoms with Gasteiger partial charge in [-0.1, -0.05) is 54.6 Å². The third-order valence-corrected chi connectivity index (χ3v) is 4.33. The molecule has 0 spiro atoms. The smallest absolute Gasteiger partial charge is 0.345 e. The monoisotopic (exact) mass is 431 g/mol. The fraction of sp³-hybridized carbons (Fsp3) is 0.278. The maximum absolute atomic E-state index is 12.3. The number of halogens is 3. The van der Waals surface area contributed by atoms with Crippen LogP contribution in [0, 0.1) is 10.1 Å². The van der Waals surface area contributed by atoms with E-state index in [1.54, 1.807) is 0 Å². The number of nitrogens with zero attached hydrogens (tertiary/aromatic N) is 1. The lowest BCUT2D eigenvalue weighted by molar-refractivity contribution is -0.385. The molecule has 9 heteroatoms. The summed E-state index contributed by atoms with van der Waals surface area (Å²) in [5, 5.41) is 11.9. The summed E-state index contributed by atoms with van der Waals surface area (Å²) < 4.78 is 10.7. The fourth-order valence-electron chi connectivity index (χ4n) is 2.24. The number of benzene rings is 2. The van der Waals surface area contributed by atoms with Crippen LogP contribution < -0.4 is 4.74 Å². The molecule has 2 rings (SSSR count). The number of unbranched alkanes of at least 4 members (excludes halogenated alkanes) is 2. The first-order valence-electron chi connectivity index (χ1n) is 8.11. The number of carbonyl (C=O) groups is 1. The number of ether oxygens (including phenoxy) is 2. The second-order valence-electron chi connectivity index (χ2n) is 5.58. The molecule has 2 aromatic rings. The van der Waals surface area contributed by atoms with E-state index >= 15 is 0 Å². The first-order chi connectivity index (χ1) is 12.8. The van der Waals surface area contributed by atoms with Gasteiger partial charge in [0, 0.05) is 17.2 Å². The molecule has 0 fully saturated rings. The number of hydrogen-bond acceptors (Lipinski definition) is 5. The predicted molar refractivity (Wildman–Crippen MR) is 104 cm³/mol. The van der Waals surface area contributed by atoms with Crippen LogP contribution >= 0.6 is 34.8 Å². The maximum Gasteiger partial charge on any atom is 0.345 e. The zero-order chi connectivity index (χ0) is 20.0. The number of hydrogen-bond donors (Lipinski definition) is 0. The van der Waals surface area contributed by atoms with Gasteiger partial charge in [0.05, 0.1) is 21.6 Å². The Balaban J connectivity index is 2.29. The molecule has 144 valence electrons. The van der Waals surface area contributed by atoms with E-state index in [-0.39, 0.29) is 39.4 Å². The standard InChI is InChI=1S/C18H16Cl3NO5/c1-2-3-4-7-26-18(23)13-10-12(5-6-16(13)22(24)25)27-17-14(20)8-11(19)9-15(17)21/h5-6,8-10H,2-4,7H2,1H3. The molecule has 27 heavy (non-hydrogen) atoms. The van der Waals surface area contributed by atoms with Crippen LogP contribution in [0.4, 0.5) is 5.69 Å². The van der Waals surface area contributed by atoms with Gasteiger partial charge >= 0.3 is 5.97 Å². The third kappa shape index (κ3) is 5.73. The molecule has 0 aromatic heterocycles. The lowest BCUT2D eigenvalue weighted by Gasteiger charge is -2.11. The largest absolute Gasteiger partial charge is 0.462 e. The minimum atomic E-state index is -0.795. The summed E-state index contributed by atoms with van der Waals surface area (Å²) in [6.45, 7) is 2.20. The molecule has 0 heterocycles. The van der Waals surface area contributed by atoms with E-state index in [0.717, 1.165) is 18.9 Å². The van der Waals surface area contributed by atoms with Gasteiger partial charge in [0.25, 0.3) is 5.69 Å². The molecule has 0 aliphatic rings. The van der Waals surface area contributed by atoms with E-state index in [0.29, 0.717) is 11.4 Å². The molecule has 0 bridgehead atoms. The summed E-state index contributed by atoms with van der Waals surface area (Å²) in [5.74, 6) is -0.525. The van der Waals surface area contributed by atoms with E-state index in [9.17, 15) is 14.9 Å². The average Bonchev–Trinajstić information content (AvgIpc) is 2.61. The molecule has 2 aromatic carbocycles. The number of nitro groups is 1. The summed E-state index contributed by atoms with van der Waals surface area (Å²) in [6.07, 6.45) is 2.54. The van der Waals surface area contributed by atoms with Crippen LogP contribution in [-0.4, -0.2) is 17.5 Å². The lowest BCUT2D eigenvalue weighted by atomic mass is 10.1. The van der Waals surface area contributed by atoms with Crippen molar-refractivity contribution in [1.29, 1.82) is 0 Å². The maximum atomic E-state index is 12.3. The highest BCUT2D eigenvalue weighted by Crippen LogP contribution is 2.39. The molecule has 0 saturated carbocycles. The SMILES string of the molecule is CCCCCOC(=O)c1cc(Oc2c(Cl)cc(Cl)cc2Cl)ccc1[N+](=O)[O-]. The molecule has 0 radical (unpaired) electrons. The fourth-order valence-corrected chi connectivity index (χ4v) is 3.13. The third-order valence-electron chi connectivity index (χ3n) is 3.55. The van der Waals surface area contributed by atoms with Gasteiger partial charge < -0.3 is 9.47 Å². The zero-order valence-electron chi connectivity index (χ0n) is 14.3. The van der Waals surface area contributed by atoms with Gasteiger partial charge in [-0.15, -0.1) is 0 Å². The highest BCUT2D eigenvalue weighted by molar-refractivity contribution is 6.40. The van der Waals surface area contributed by atoms with E-state index in [4.69, 9.17) is 44.3 Å². The minimum absolute atomic E-state index is 0.124. The summed E-state index contributed by atoms with van der Waals surface area (Å²) in [6, 6.07) is 6.61. The Morgan fingerprint density at radius 3 is 2.37 bits per heavy atom. The highest BCUT2D eigenvalue weighted by atomic mass is 35.5. The second-order valence-corrected chi connectivity index (χ2v) is 6.83. The van der Waals surface area contributed by atoms with Crippen molar-refractivity contribution in [3.8, 4) is 11.5 Å². The van der Waals surface area contributed by atoms with Crippen LogP contribution in [0.3, 0.4) is 0 Å². The molecular formula is C18H16Cl3NO5. The van der Waals surface area contributed by atoms with E-state index in [1.165, 1.54) is 24.3 Å². The van der Waals surface area contributed by atoms with Crippen molar-refractivity contribution in [2.75, 3.05) is 6.61 Å². The van der Waals surface area contributed by atoms with Crippen LogP contribution in [0.1, 0.15) is 36.5 Å². The summed E-state index contributed by atoms with van der Waals surface area (Å²) >= 11 is 18.0. The van der Waals surface area contributed by atoms with Gasteiger partial charge in [0.2, 0.25) is 0 Å². The van der Waals surface area contributed by atoms with Crippen molar-refractivity contribution in [2.45, 2.75) is 26.2 Å². The molecule has 0 saturated heterocycles. The van der Waals surface area contributed by atoms with Crippen LogP contribution in [-0.2, 0) is 4.74 Å². The van der Waals surface area contributed by atoms with E-state index in [2.05, 4.69) is 0 Å². The van der Waals surface area contributed by atoms with Crippen LogP contribution in [0.15, 0.2) is 30.3 Å². The van der Waals surface area contributed by atoms with Crippen molar-refractivity contribution in [2.24, 2.45) is 0 Å². The van der Waals surface area contributed by atoms with Crippen molar-refractivity contribution in [3.63, 3.8) is 0 Å². The number of rotatable bonds is 8. The quantitative estimate of drug-likeness (QED) is 0.201. The Morgan fingerprint density at radius 1 is 1.11 bits per heavy atom. The summed E-state index contributed by atoms with van der Waals surface area (Å²) in [4.78, 5) is 22.8. The predicted octanol–water partition coefficient (Wildman–Crippen LogP) is 6.69. The van der Waals surface area contributed by atoms with Crippen molar-refractivity contribution in [3.05, 3.63) is 61.1 Å². The van der Waals surface area contributed by atoms with Gasteiger partial charge in [-0.25, -0.2) is 4.79 Å². The Morgan fingerprint density at radius 2 is 1.78 bits per heavy atom. The minimum Gasteiger partial charge on any atom is -0.462 e. The molecule has 0 amide bonds. The van der Waals surface area contributed by atoms with Crippen molar-refractivity contribution >= 4 is 46.5 Å². The lowest BCUT2D eigenvalue weighted by Crippen LogP contribution is -2.09. The Bertz CT molecular complexity index is 834. The molecular weight excluding hydrogens is 417 g/mol. The first kappa shape index (κ1) is 21.3. The van der Waals surface area contributed by atoms with Gasteiger partial charge in [-0.2, -0.15) is 0 Å². The normalized spacial score (nSPS) is 10.5. The van der Waals surface area contributed by atoms with Gasteiger partial charge in [-0.05, 0) is 24.6 Å². The first-order valence-corrected chi connectivity index (χ1v) is 9.24. The Kier molecular flexibility index (Phi) is 7.71. The number of carbonyl (C=O) groups excluding carboxylic acids is 1.